The Labute approximate surface area is 123 Å². The van der Waals surface area contributed by atoms with Crippen LogP contribution >= 0.6 is 0 Å². The molecule has 21 heavy (non-hydrogen) atoms. The summed E-state index contributed by atoms with van der Waals surface area (Å²) >= 11 is 0. The Morgan fingerprint density at radius 1 is 1.48 bits per heavy atom. The number of primary sulfonamides is 1. The minimum absolute atomic E-state index is 0.0888. The molecule has 1 amide bonds. The second kappa shape index (κ2) is 6.42. The highest BCUT2D eigenvalue weighted by Crippen LogP contribution is 2.22. The van der Waals surface area contributed by atoms with Gasteiger partial charge in [-0.1, -0.05) is 0 Å². The van der Waals surface area contributed by atoms with E-state index in [0.717, 1.165) is 12.8 Å². The van der Waals surface area contributed by atoms with E-state index in [4.69, 9.17) is 14.6 Å². The summed E-state index contributed by atoms with van der Waals surface area (Å²) in [5.74, 6) is -0.121. The number of benzene rings is 1. The van der Waals surface area contributed by atoms with Crippen LogP contribution < -0.4 is 15.2 Å². The molecule has 0 bridgehead atoms. The van der Waals surface area contributed by atoms with Gasteiger partial charge in [0.05, 0.1) is 30.2 Å². The first kappa shape index (κ1) is 15.7. The fraction of sp³-hybridized carbons (Fsp3) is 0.462. The molecule has 1 saturated heterocycles. The van der Waals surface area contributed by atoms with Crippen LogP contribution in [0.3, 0.4) is 0 Å². The normalized spacial score (nSPS) is 19.0. The number of ether oxygens (including phenoxy) is 2. The maximum absolute atomic E-state index is 12.3. The Morgan fingerprint density at radius 3 is 2.81 bits per heavy atom. The number of methoxy groups -OCH3 is 1. The number of hydrogen-bond donors (Lipinski definition) is 2. The van der Waals surface area contributed by atoms with E-state index >= 15 is 0 Å². The molecule has 1 aromatic rings. The molecule has 1 aliphatic heterocycles. The van der Waals surface area contributed by atoms with Crippen LogP contribution in [-0.2, 0) is 14.8 Å². The van der Waals surface area contributed by atoms with E-state index in [1.54, 1.807) is 0 Å². The molecule has 1 aliphatic rings. The summed E-state index contributed by atoms with van der Waals surface area (Å²) in [5, 5.41) is 7.89. The van der Waals surface area contributed by atoms with Crippen LogP contribution in [-0.4, -0.2) is 40.7 Å². The molecule has 0 saturated carbocycles. The molecule has 116 valence electrons. The third-order valence-corrected chi connectivity index (χ3v) is 4.15. The second-order valence-electron chi connectivity index (χ2n) is 4.79. The van der Waals surface area contributed by atoms with Gasteiger partial charge in [-0.2, -0.15) is 0 Å². The lowest BCUT2D eigenvalue weighted by Crippen LogP contribution is -2.40. The molecule has 1 aromatic carbocycles. The molecule has 1 fully saturated rings. The highest BCUT2D eigenvalue weighted by atomic mass is 32.2. The van der Waals surface area contributed by atoms with Gasteiger partial charge in [0.2, 0.25) is 10.0 Å². The fourth-order valence-electron chi connectivity index (χ4n) is 2.16. The molecule has 1 unspecified atom stereocenters. The van der Waals surface area contributed by atoms with Crippen molar-refractivity contribution in [2.75, 3.05) is 20.3 Å². The maximum atomic E-state index is 12.3. The van der Waals surface area contributed by atoms with E-state index in [-0.39, 0.29) is 22.3 Å². The number of carbonyl (C=O) groups excluding carboxylic acids is 1. The Bertz CT molecular complexity index is 623. The number of hydrogen-bond acceptors (Lipinski definition) is 5. The molecule has 8 heteroatoms. The topological polar surface area (TPSA) is 108 Å². The van der Waals surface area contributed by atoms with Crippen molar-refractivity contribution in [3.05, 3.63) is 23.8 Å². The van der Waals surface area contributed by atoms with Crippen molar-refractivity contribution in [3.8, 4) is 5.75 Å². The average Bonchev–Trinajstić information content (AvgIpc) is 2.46. The van der Waals surface area contributed by atoms with Crippen molar-refractivity contribution in [3.63, 3.8) is 0 Å². The van der Waals surface area contributed by atoms with E-state index in [9.17, 15) is 13.2 Å². The molecule has 0 aromatic heterocycles. The van der Waals surface area contributed by atoms with Crippen molar-refractivity contribution < 1.29 is 22.7 Å². The maximum Gasteiger partial charge on any atom is 0.255 e. The van der Waals surface area contributed by atoms with Crippen molar-refractivity contribution in [1.29, 1.82) is 0 Å². The van der Waals surface area contributed by atoms with Crippen molar-refractivity contribution in [1.82, 2.24) is 5.32 Å². The van der Waals surface area contributed by atoms with Crippen LogP contribution in [0, 0.1) is 0 Å². The fourth-order valence-corrected chi connectivity index (χ4v) is 2.70. The minimum Gasteiger partial charge on any atom is -0.496 e. The Hall–Kier alpha value is -1.64. The van der Waals surface area contributed by atoms with Crippen LogP contribution in [0.5, 0.6) is 5.75 Å². The van der Waals surface area contributed by atoms with Gasteiger partial charge in [-0.05, 0) is 31.0 Å². The van der Waals surface area contributed by atoms with Crippen LogP contribution in [0.15, 0.2) is 23.1 Å². The van der Waals surface area contributed by atoms with Gasteiger partial charge in [-0.25, -0.2) is 13.6 Å². The van der Waals surface area contributed by atoms with Crippen molar-refractivity contribution >= 4 is 15.9 Å². The van der Waals surface area contributed by atoms with Gasteiger partial charge < -0.3 is 14.8 Å². The zero-order chi connectivity index (χ0) is 15.5. The molecule has 3 N–H and O–H groups in total. The first-order valence-electron chi connectivity index (χ1n) is 6.51. The summed E-state index contributed by atoms with van der Waals surface area (Å²) in [4.78, 5) is 12.2. The smallest absolute Gasteiger partial charge is 0.255 e. The van der Waals surface area contributed by atoms with Gasteiger partial charge in [0.15, 0.2) is 0 Å². The van der Waals surface area contributed by atoms with Gasteiger partial charge >= 0.3 is 0 Å². The molecule has 0 aliphatic carbocycles. The first-order chi connectivity index (χ1) is 9.91. The number of rotatable bonds is 4. The van der Waals surface area contributed by atoms with E-state index in [0.29, 0.717) is 13.2 Å². The quantitative estimate of drug-likeness (QED) is 0.828. The molecule has 0 radical (unpaired) electrons. The largest absolute Gasteiger partial charge is 0.496 e. The minimum atomic E-state index is -3.88. The molecule has 1 heterocycles. The zero-order valence-electron chi connectivity index (χ0n) is 11.7. The lowest BCUT2D eigenvalue weighted by atomic mass is 10.1. The molecule has 1 atom stereocenters. The first-order valence-corrected chi connectivity index (χ1v) is 8.06. The Balaban J connectivity index is 2.25. The predicted molar refractivity (Wildman–Crippen MR) is 75.7 cm³/mol. The zero-order valence-corrected chi connectivity index (χ0v) is 12.5. The lowest BCUT2D eigenvalue weighted by molar-refractivity contribution is 0.0623. The van der Waals surface area contributed by atoms with E-state index < -0.39 is 15.9 Å². The summed E-state index contributed by atoms with van der Waals surface area (Å²) < 4.78 is 33.2. The van der Waals surface area contributed by atoms with Crippen LogP contribution in [0.25, 0.3) is 0 Å². The van der Waals surface area contributed by atoms with E-state index in [1.165, 1.54) is 25.3 Å². The summed E-state index contributed by atoms with van der Waals surface area (Å²) in [6, 6.07) is 3.84. The Morgan fingerprint density at radius 2 is 2.24 bits per heavy atom. The van der Waals surface area contributed by atoms with Gasteiger partial charge in [0.1, 0.15) is 5.75 Å². The molecule has 0 spiro atoms. The SMILES string of the molecule is COc1ccc(S(N)(=O)=O)cc1C(=O)NC1CCCOC1. The molecule has 7 nitrogen and oxygen atoms in total. The Kier molecular flexibility index (Phi) is 4.81. The lowest BCUT2D eigenvalue weighted by Gasteiger charge is -2.23. The summed E-state index contributed by atoms with van der Waals surface area (Å²) in [7, 11) is -2.47. The van der Waals surface area contributed by atoms with Crippen LogP contribution in [0.2, 0.25) is 0 Å². The predicted octanol–water partition coefficient (Wildman–Crippen LogP) is 0.251. The summed E-state index contributed by atoms with van der Waals surface area (Å²) in [6.07, 6.45) is 1.70. The van der Waals surface area contributed by atoms with Crippen LogP contribution in [0.1, 0.15) is 23.2 Å². The van der Waals surface area contributed by atoms with Gasteiger partial charge in [-0.3, -0.25) is 4.79 Å². The number of carbonyl (C=O) groups is 1. The molecular formula is C13H18N2O5S. The van der Waals surface area contributed by atoms with Crippen molar-refractivity contribution in [2.24, 2.45) is 5.14 Å². The standard InChI is InChI=1S/C13H18N2O5S/c1-19-12-5-4-10(21(14,17)18)7-11(12)13(16)15-9-3-2-6-20-8-9/h4-5,7,9H,2-3,6,8H2,1H3,(H,15,16)(H2,14,17,18). The number of nitrogens with two attached hydrogens (primary N) is 1. The van der Waals surface area contributed by atoms with E-state index in [1.807, 2.05) is 0 Å². The average molecular weight is 314 g/mol. The van der Waals surface area contributed by atoms with Gasteiger partial charge in [-0.15, -0.1) is 0 Å². The van der Waals surface area contributed by atoms with Gasteiger partial charge in [0.25, 0.3) is 5.91 Å². The third-order valence-electron chi connectivity index (χ3n) is 3.24. The van der Waals surface area contributed by atoms with Crippen LogP contribution in [0.4, 0.5) is 0 Å². The summed E-state index contributed by atoms with van der Waals surface area (Å²) in [6.45, 7) is 1.14. The highest BCUT2D eigenvalue weighted by Gasteiger charge is 2.21. The summed E-state index contributed by atoms with van der Waals surface area (Å²) in [5.41, 5.74) is 0.134. The number of amides is 1. The van der Waals surface area contributed by atoms with Crippen molar-refractivity contribution in [2.45, 2.75) is 23.8 Å². The number of nitrogens with one attached hydrogen (secondary N) is 1. The second-order valence-corrected chi connectivity index (χ2v) is 6.36. The highest BCUT2D eigenvalue weighted by molar-refractivity contribution is 7.89. The molecular weight excluding hydrogens is 296 g/mol. The van der Waals surface area contributed by atoms with E-state index in [2.05, 4.69) is 5.32 Å². The monoisotopic (exact) mass is 314 g/mol. The van der Waals surface area contributed by atoms with Gasteiger partial charge in [0, 0.05) is 6.61 Å². The third kappa shape index (κ3) is 3.93. The molecule has 2 rings (SSSR count). The number of sulfonamides is 1.